The van der Waals surface area contributed by atoms with Crippen molar-refractivity contribution in [2.45, 2.75) is 44.9 Å². The number of nitrogens with one attached hydrogen (secondary N) is 1. The molecule has 1 atom stereocenters. The Morgan fingerprint density at radius 3 is 2.15 bits per heavy atom. The van der Waals surface area contributed by atoms with E-state index in [0.717, 1.165) is 11.1 Å². The van der Waals surface area contributed by atoms with Crippen LogP contribution < -0.4 is 14.2 Å². The van der Waals surface area contributed by atoms with Gasteiger partial charge in [-0.2, -0.15) is 0 Å². The maximum Gasteiger partial charge on any atom is 0.218 e. The van der Waals surface area contributed by atoms with Gasteiger partial charge in [0.1, 0.15) is 11.5 Å². The topological polar surface area (TPSA) is 64.6 Å². The molecule has 0 radical (unpaired) electrons. The van der Waals surface area contributed by atoms with Crippen molar-refractivity contribution in [2.24, 2.45) is 0 Å². The molecule has 27 heavy (non-hydrogen) atoms. The molecule has 0 spiro atoms. The number of hydrogen-bond acceptors (Lipinski definition) is 4. The molecule has 0 amide bonds. The minimum absolute atomic E-state index is 0.0316. The van der Waals surface area contributed by atoms with Crippen LogP contribution >= 0.6 is 0 Å². The lowest BCUT2D eigenvalue weighted by Crippen LogP contribution is -2.27. The summed E-state index contributed by atoms with van der Waals surface area (Å²) in [5.74, 6) is 1.24. The Bertz CT molecular complexity index is 868. The van der Waals surface area contributed by atoms with E-state index in [1.807, 2.05) is 24.3 Å². The molecule has 148 valence electrons. The first-order chi connectivity index (χ1) is 12.6. The summed E-state index contributed by atoms with van der Waals surface area (Å²) in [6, 6.07) is 13.1. The zero-order chi connectivity index (χ0) is 20.2. The van der Waals surface area contributed by atoms with Crippen molar-refractivity contribution in [1.29, 1.82) is 0 Å². The predicted octanol–water partition coefficient (Wildman–Crippen LogP) is 4.18. The second-order valence-electron chi connectivity index (χ2n) is 7.56. The molecule has 0 aliphatic carbocycles. The zero-order valence-electron chi connectivity index (χ0n) is 16.9. The van der Waals surface area contributed by atoms with E-state index in [0.29, 0.717) is 11.5 Å². The number of hydrogen-bond donors (Lipinski definition) is 1. The highest BCUT2D eigenvalue weighted by atomic mass is 32.2. The summed E-state index contributed by atoms with van der Waals surface area (Å²) in [5, 5.41) is -0.657. The quantitative estimate of drug-likeness (QED) is 0.769. The van der Waals surface area contributed by atoms with E-state index in [1.165, 1.54) is 5.56 Å². The second kappa shape index (κ2) is 8.31. The van der Waals surface area contributed by atoms with E-state index in [4.69, 9.17) is 9.47 Å². The highest BCUT2D eigenvalue weighted by molar-refractivity contribution is 7.89. The molecule has 1 unspecified atom stereocenters. The van der Waals surface area contributed by atoms with Gasteiger partial charge in [0.15, 0.2) is 0 Å². The van der Waals surface area contributed by atoms with Crippen LogP contribution in [0.25, 0.3) is 0 Å². The van der Waals surface area contributed by atoms with Gasteiger partial charge in [0.05, 0.1) is 19.5 Å². The van der Waals surface area contributed by atoms with Crippen molar-refractivity contribution in [3.8, 4) is 11.5 Å². The molecule has 0 heterocycles. The first-order valence-corrected chi connectivity index (χ1v) is 10.4. The van der Waals surface area contributed by atoms with E-state index in [9.17, 15) is 8.42 Å². The Labute approximate surface area is 162 Å². The molecule has 2 rings (SSSR count). The minimum atomic E-state index is -3.54. The summed E-state index contributed by atoms with van der Waals surface area (Å²) in [5.41, 5.74) is 2.71. The van der Waals surface area contributed by atoms with Crippen molar-refractivity contribution in [1.82, 2.24) is 4.72 Å². The third kappa shape index (κ3) is 5.23. The lowest BCUT2D eigenvalue weighted by Gasteiger charge is -2.20. The van der Waals surface area contributed by atoms with Crippen molar-refractivity contribution in [3.05, 3.63) is 59.2 Å². The summed E-state index contributed by atoms with van der Waals surface area (Å²) in [6.07, 6.45) is 0. The number of ether oxygens (including phenoxy) is 2. The molecule has 0 aliphatic rings. The Hall–Kier alpha value is -2.05. The van der Waals surface area contributed by atoms with Gasteiger partial charge < -0.3 is 9.47 Å². The summed E-state index contributed by atoms with van der Waals surface area (Å²) in [6.45, 7) is 8.24. The Morgan fingerprint density at radius 2 is 1.63 bits per heavy atom. The van der Waals surface area contributed by atoms with Gasteiger partial charge >= 0.3 is 0 Å². The Kier molecular flexibility index (Phi) is 6.54. The van der Waals surface area contributed by atoms with E-state index < -0.39 is 15.3 Å². The van der Waals surface area contributed by atoms with Gasteiger partial charge in [-0.15, -0.1) is 0 Å². The first-order valence-electron chi connectivity index (χ1n) is 8.88. The van der Waals surface area contributed by atoms with Crippen LogP contribution in [0.2, 0.25) is 0 Å². The fourth-order valence-corrected chi connectivity index (χ4v) is 3.86. The summed E-state index contributed by atoms with van der Waals surface area (Å²) in [4.78, 5) is 0. The highest BCUT2D eigenvalue weighted by Gasteiger charge is 2.23. The third-order valence-electron chi connectivity index (χ3n) is 4.67. The maximum atomic E-state index is 12.7. The molecule has 2 aromatic rings. The van der Waals surface area contributed by atoms with Crippen LogP contribution in [0, 0.1) is 0 Å². The van der Waals surface area contributed by atoms with Crippen molar-refractivity contribution < 1.29 is 17.9 Å². The van der Waals surface area contributed by atoms with Crippen molar-refractivity contribution >= 4 is 10.0 Å². The SMILES string of the molecule is COc1ccc(CNS(=O)(=O)C(C)c2ccc(C(C)(C)C)cc2)c(OC)c1. The van der Waals surface area contributed by atoms with Gasteiger partial charge in [-0.05, 0) is 29.5 Å². The predicted molar refractivity (Wildman–Crippen MR) is 109 cm³/mol. The third-order valence-corrected chi connectivity index (χ3v) is 6.42. The molecule has 5 nitrogen and oxygen atoms in total. The van der Waals surface area contributed by atoms with Gasteiger partial charge in [0.25, 0.3) is 0 Å². The van der Waals surface area contributed by atoms with Gasteiger partial charge in [0, 0.05) is 18.2 Å². The normalized spacial score (nSPS) is 13.3. The molecule has 1 N–H and O–H groups in total. The molecular formula is C21H29NO4S. The standard InChI is InChI=1S/C21H29NO4S/c1-15(16-7-10-18(11-8-16)21(2,3)4)27(23,24)22-14-17-9-12-19(25-5)13-20(17)26-6/h7-13,15,22H,14H2,1-6H3. The molecule has 2 aromatic carbocycles. The maximum absolute atomic E-state index is 12.7. The Morgan fingerprint density at radius 1 is 1.00 bits per heavy atom. The van der Waals surface area contributed by atoms with Gasteiger partial charge in [-0.1, -0.05) is 51.1 Å². The van der Waals surface area contributed by atoms with Gasteiger partial charge in [-0.25, -0.2) is 13.1 Å². The summed E-state index contributed by atoms with van der Waals surface area (Å²) >= 11 is 0. The van der Waals surface area contributed by atoms with Crippen LogP contribution in [-0.2, 0) is 22.0 Å². The molecular weight excluding hydrogens is 362 g/mol. The van der Waals surface area contributed by atoms with E-state index in [-0.39, 0.29) is 12.0 Å². The molecule has 0 aromatic heterocycles. The van der Waals surface area contributed by atoms with Crippen LogP contribution in [0.1, 0.15) is 49.6 Å². The first kappa shape index (κ1) is 21.3. The molecule has 0 fully saturated rings. The number of sulfonamides is 1. The van der Waals surface area contributed by atoms with Gasteiger partial charge in [0.2, 0.25) is 10.0 Å². The van der Waals surface area contributed by atoms with Crippen LogP contribution in [0.5, 0.6) is 11.5 Å². The smallest absolute Gasteiger partial charge is 0.218 e. The summed E-state index contributed by atoms with van der Waals surface area (Å²) in [7, 11) is -0.416. The molecule has 0 saturated carbocycles. The number of rotatable bonds is 7. The lowest BCUT2D eigenvalue weighted by molar-refractivity contribution is 0.390. The van der Waals surface area contributed by atoms with Crippen LogP contribution in [0.3, 0.4) is 0 Å². The van der Waals surface area contributed by atoms with Crippen LogP contribution in [-0.4, -0.2) is 22.6 Å². The molecule has 0 aliphatic heterocycles. The van der Waals surface area contributed by atoms with Crippen molar-refractivity contribution in [3.63, 3.8) is 0 Å². The molecule has 6 heteroatoms. The number of benzene rings is 2. The fourth-order valence-electron chi connectivity index (χ4n) is 2.73. The monoisotopic (exact) mass is 391 g/mol. The molecule has 0 bridgehead atoms. The van der Waals surface area contributed by atoms with Crippen LogP contribution in [0.4, 0.5) is 0 Å². The van der Waals surface area contributed by atoms with E-state index in [1.54, 1.807) is 39.3 Å². The van der Waals surface area contributed by atoms with Crippen LogP contribution in [0.15, 0.2) is 42.5 Å². The van der Waals surface area contributed by atoms with Gasteiger partial charge in [-0.3, -0.25) is 0 Å². The summed E-state index contributed by atoms with van der Waals surface area (Å²) < 4.78 is 38.6. The zero-order valence-corrected chi connectivity index (χ0v) is 17.7. The van der Waals surface area contributed by atoms with E-state index >= 15 is 0 Å². The lowest BCUT2D eigenvalue weighted by atomic mass is 9.86. The van der Waals surface area contributed by atoms with Crippen molar-refractivity contribution in [2.75, 3.05) is 14.2 Å². The van der Waals surface area contributed by atoms with E-state index in [2.05, 4.69) is 25.5 Å². The largest absolute Gasteiger partial charge is 0.497 e. The fraction of sp³-hybridized carbons (Fsp3) is 0.429. The second-order valence-corrected chi connectivity index (χ2v) is 9.64. The average Bonchev–Trinajstić information content (AvgIpc) is 2.65. The minimum Gasteiger partial charge on any atom is -0.497 e. The highest BCUT2D eigenvalue weighted by Crippen LogP contribution is 2.28. The average molecular weight is 392 g/mol. The Balaban J connectivity index is 2.14. The molecule has 0 saturated heterocycles. The number of methoxy groups -OCH3 is 2.